The van der Waals surface area contributed by atoms with Crippen molar-refractivity contribution in [2.24, 2.45) is 0 Å². The number of para-hydroxylation sites is 3. The van der Waals surface area contributed by atoms with E-state index in [-0.39, 0.29) is 18.2 Å². The Morgan fingerprint density at radius 3 is 2.47 bits per heavy atom. The van der Waals surface area contributed by atoms with Gasteiger partial charge in [0.2, 0.25) is 11.9 Å². The molecule has 1 aliphatic rings. The summed E-state index contributed by atoms with van der Waals surface area (Å²) in [5.74, 6) is 0.280. The number of amides is 2. The summed E-state index contributed by atoms with van der Waals surface area (Å²) in [4.78, 5) is 32.8. The van der Waals surface area contributed by atoms with Crippen LogP contribution in [0.3, 0.4) is 0 Å². The van der Waals surface area contributed by atoms with Crippen LogP contribution >= 0.6 is 0 Å². The second kappa shape index (κ2) is 7.96. The largest absolute Gasteiger partial charge is 0.326 e. The van der Waals surface area contributed by atoms with Gasteiger partial charge in [-0.15, -0.1) is 0 Å². The van der Waals surface area contributed by atoms with E-state index in [1.165, 1.54) is 5.56 Å². The zero-order chi connectivity index (χ0) is 22.2. The summed E-state index contributed by atoms with van der Waals surface area (Å²) >= 11 is 0. The third-order valence-corrected chi connectivity index (χ3v) is 5.94. The highest BCUT2D eigenvalue weighted by Gasteiger charge is 2.40. The Morgan fingerprint density at radius 2 is 1.69 bits per heavy atom. The van der Waals surface area contributed by atoms with Gasteiger partial charge in [0.15, 0.2) is 0 Å². The average Bonchev–Trinajstić information content (AvgIpc) is 3.27. The molecule has 0 fully saturated rings. The number of imidazole rings is 1. The number of hydrogen-bond acceptors (Lipinski definition) is 3. The van der Waals surface area contributed by atoms with Crippen LogP contribution in [0.25, 0.3) is 11.0 Å². The van der Waals surface area contributed by atoms with E-state index in [1.807, 2.05) is 91.2 Å². The van der Waals surface area contributed by atoms with Gasteiger partial charge >= 0.3 is 0 Å². The van der Waals surface area contributed by atoms with Crippen LogP contribution in [-0.4, -0.2) is 21.4 Å². The second-order valence-corrected chi connectivity index (χ2v) is 8.26. The first-order valence-electron chi connectivity index (χ1n) is 10.7. The molecule has 1 atom stereocenters. The molecule has 1 aliphatic heterocycles. The third-order valence-electron chi connectivity index (χ3n) is 5.94. The molecule has 0 spiro atoms. The lowest BCUT2D eigenvalue weighted by molar-refractivity contribution is -0.124. The van der Waals surface area contributed by atoms with Gasteiger partial charge in [0, 0.05) is 5.69 Å². The number of hydrogen-bond donors (Lipinski definition) is 1. The average molecular weight is 425 g/mol. The SMILES string of the molecule is Cc1ccc(CN2C(=O)[C@H](CC(=O)Nc3ccccc3C)n3c2nc2ccccc23)cc1. The lowest BCUT2D eigenvalue weighted by Gasteiger charge is -2.16. The smallest absolute Gasteiger partial charge is 0.253 e. The van der Waals surface area contributed by atoms with Crippen molar-refractivity contribution in [2.45, 2.75) is 32.9 Å². The fraction of sp³-hybridized carbons (Fsp3) is 0.192. The van der Waals surface area contributed by atoms with E-state index in [4.69, 9.17) is 4.98 Å². The molecule has 2 amide bonds. The zero-order valence-corrected chi connectivity index (χ0v) is 18.1. The Balaban J connectivity index is 1.48. The molecule has 6 heteroatoms. The van der Waals surface area contributed by atoms with Crippen molar-refractivity contribution in [1.29, 1.82) is 0 Å². The Bertz CT molecular complexity index is 1320. The van der Waals surface area contributed by atoms with Crippen molar-refractivity contribution in [3.63, 3.8) is 0 Å². The minimum absolute atomic E-state index is 0.0465. The van der Waals surface area contributed by atoms with Gasteiger partial charge in [-0.1, -0.05) is 60.2 Å². The van der Waals surface area contributed by atoms with Crippen LogP contribution in [0, 0.1) is 13.8 Å². The van der Waals surface area contributed by atoms with Gasteiger partial charge in [0.1, 0.15) is 6.04 Å². The van der Waals surface area contributed by atoms with Gasteiger partial charge in [-0.2, -0.15) is 0 Å². The van der Waals surface area contributed by atoms with Crippen LogP contribution in [0.5, 0.6) is 0 Å². The highest BCUT2D eigenvalue weighted by Crippen LogP contribution is 2.37. The molecule has 5 rings (SSSR count). The van der Waals surface area contributed by atoms with Crippen molar-refractivity contribution in [3.8, 4) is 0 Å². The van der Waals surface area contributed by atoms with Crippen molar-refractivity contribution in [1.82, 2.24) is 9.55 Å². The van der Waals surface area contributed by atoms with E-state index >= 15 is 0 Å². The molecule has 0 bridgehead atoms. The highest BCUT2D eigenvalue weighted by atomic mass is 16.2. The van der Waals surface area contributed by atoms with Crippen LogP contribution in [-0.2, 0) is 16.1 Å². The van der Waals surface area contributed by atoms with Crippen molar-refractivity contribution < 1.29 is 9.59 Å². The number of fused-ring (bicyclic) bond motifs is 3. The summed E-state index contributed by atoms with van der Waals surface area (Å²) in [6.45, 7) is 4.40. The molecule has 32 heavy (non-hydrogen) atoms. The minimum Gasteiger partial charge on any atom is -0.326 e. The number of aryl methyl sites for hydroxylation is 2. The number of aromatic nitrogens is 2. The highest BCUT2D eigenvalue weighted by molar-refractivity contribution is 6.05. The molecule has 3 aromatic carbocycles. The van der Waals surface area contributed by atoms with E-state index < -0.39 is 6.04 Å². The van der Waals surface area contributed by atoms with Crippen molar-refractivity contribution in [3.05, 3.63) is 89.5 Å². The zero-order valence-electron chi connectivity index (χ0n) is 18.1. The molecule has 0 aliphatic carbocycles. The normalized spacial score (nSPS) is 15.2. The number of rotatable bonds is 5. The topological polar surface area (TPSA) is 67.2 Å². The number of carbonyl (C=O) groups excluding carboxylic acids is 2. The van der Waals surface area contributed by atoms with Gasteiger partial charge in [0.05, 0.1) is 24.0 Å². The molecule has 160 valence electrons. The van der Waals surface area contributed by atoms with E-state index in [1.54, 1.807) is 4.90 Å². The Labute approximate surface area is 186 Å². The summed E-state index contributed by atoms with van der Waals surface area (Å²) in [6, 6.07) is 22.8. The molecule has 0 saturated carbocycles. The lowest BCUT2D eigenvalue weighted by Crippen LogP contribution is -2.31. The molecule has 6 nitrogen and oxygen atoms in total. The first kappa shape index (κ1) is 20.0. The van der Waals surface area contributed by atoms with E-state index in [0.717, 1.165) is 27.8 Å². The molecular formula is C26H24N4O2. The van der Waals surface area contributed by atoms with Crippen molar-refractivity contribution in [2.75, 3.05) is 10.2 Å². The standard InChI is InChI=1S/C26H24N4O2/c1-17-11-13-19(14-12-17)16-29-25(32)23(15-24(31)27-20-8-4-3-7-18(20)2)30-22-10-6-5-9-21(22)28-26(29)30/h3-14,23H,15-16H2,1-2H3,(H,27,31)/t23-/m0/s1. The van der Waals surface area contributed by atoms with Crippen LogP contribution in [0.4, 0.5) is 11.6 Å². The van der Waals surface area contributed by atoms with Gasteiger partial charge in [-0.05, 0) is 43.2 Å². The fourth-order valence-corrected chi connectivity index (χ4v) is 4.21. The maximum absolute atomic E-state index is 13.5. The fourth-order valence-electron chi connectivity index (χ4n) is 4.21. The summed E-state index contributed by atoms with van der Waals surface area (Å²) < 4.78 is 1.91. The summed E-state index contributed by atoms with van der Waals surface area (Å²) in [5, 5.41) is 2.96. The van der Waals surface area contributed by atoms with Gasteiger partial charge in [-0.25, -0.2) is 4.98 Å². The van der Waals surface area contributed by atoms with Crippen LogP contribution in [0.15, 0.2) is 72.8 Å². The molecule has 0 saturated heterocycles. The van der Waals surface area contributed by atoms with E-state index in [0.29, 0.717) is 12.5 Å². The quantitative estimate of drug-likeness (QED) is 0.502. The van der Waals surface area contributed by atoms with Crippen molar-refractivity contribution >= 4 is 34.5 Å². The lowest BCUT2D eigenvalue weighted by atomic mass is 10.1. The molecule has 0 radical (unpaired) electrons. The maximum Gasteiger partial charge on any atom is 0.253 e. The first-order valence-corrected chi connectivity index (χ1v) is 10.7. The number of carbonyl (C=O) groups is 2. The van der Waals surface area contributed by atoms with Crippen LogP contribution < -0.4 is 10.2 Å². The Hall–Kier alpha value is -3.93. The first-order chi connectivity index (χ1) is 15.5. The molecular weight excluding hydrogens is 400 g/mol. The van der Waals surface area contributed by atoms with E-state index in [9.17, 15) is 9.59 Å². The monoisotopic (exact) mass is 424 g/mol. The number of benzene rings is 3. The Kier molecular flexibility index (Phi) is 4.98. The van der Waals surface area contributed by atoms with Crippen LogP contribution in [0.2, 0.25) is 0 Å². The second-order valence-electron chi connectivity index (χ2n) is 8.26. The molecule has 0 unspecified atom stereocenters. The van der Waals surface area contributed by atoms with Gasteiger partial charge in [-0.3, -0.25) is 19.1 Å². The van der Waals surface area contributed by atoms with Gasteiger partial charge in [0.25, 0.3) is 5.91 Å². The predicted molar refractivity (Wildman–Crippen MR) is 126 cm³/mol. The molecule has 1 aromatic heterocycles. The number of nitrogens with zero attached hydrogens (tertiary/aromatic N) is 3. The maximum atomic E-state index is 13.5. The summed E-state index contributed by atoms with van der Waals surface area (Å²) in [5.41, 5.74) is 5.60. The molecule has 1 N–H and O–H groups in total. The van der Waals surface area contributed by atoms with E-state index in [2.05, 4.69) is 5.32 Å². The summed E-state index contributed by atoms with van der Waals surface area (Å²) in [6.07, 6.45) is 0.0465. The minimum atomic E-state index is -0.633. The Morgan fingerprint density at radius 1 is 0.969 bits per heavy atom. The van der Waals surface area contributed by atoms with Crippen LogP contribution in [0.1, 0.15) is 29.2 Å². The van der Waals surface area contributed by atoms with Gasteiger partial charge < -0.3 is 5.32 Å². The molecule has 4 aromatic rings. The predicted octanol–water partition coefficient (Wildman–Crippen LogP) is 4.77. The molecule has 2 heterocycles. The number of nitrogens with one attached hydrogen (secondary N) is 1. The third kappa shape index (κ3) is 3.54. The number of anilines is 2. The summed E-state index contributed by atoms with van der Waals surface area (Å²) in [7, 11) is 0.